The summed E-state index contributed by atoms with van der Waals surface area (Å²) in [6, 6.07) is 0. The summed E-state index contributed by atoms with van der Waals surface area (Å²) in [5.74, 6) is -2.05. The molecule has 0 saturated heterocycles. The van der Waals surface area contributed by atoms with E-state index in [0.29, 0.717) is 17.4 Å². The number of hydrogen-bond donors (Lipinski definition) is 1. The topological polar surface area (TPSA) is 108 Å². The molecule has 0 aliphatic carbocycles. The van der Waals surface area contributed by atoms with Crippen molar-refractivity contribution in [1.29, 1.82) is 0 Å². The second kappa shape index (κ2) is 47.0. The third-order valence-corrected chi connectivity index (χ3v) is 10.6. The average Bonchev–Trinajstić information content (AvgIpc) is 3.27. The van der Waals surface area contributed by atoms with Gasteiger partial charge in [0, 0.05) is 12.8 Å². The zero-order valence-electron chi connectivity index (χ0n) is 42.1. The van der Waals surface area contributed by atoms with Gasteiger partial charge in [0.15, 0.2) is 6.10 Å². The van der Waals surface area contributed by atoms with Gasteiger partial charge in [-0.05, 0) is 89.9 Å². The second-order valence-corrected chi connectivity index (χ2v) is 18.1. The van der Waals surface area contributed by atoms with E-state index in [4.69, 9.17) is 18.9 Å². The molecule has 0 aromatic heterocycles. The molecule has 0 radical (unpaired) electrons. The number of esters is 2. The number of unbranched alkanes of at least 4 members (excludes halogenated alkanes) is 17. The van der Waals surface area contributed by atoms with Crippen LogP contribution < -0.4 is 0 Å². The Bertz CT molecular complexity index is 1340. The van der Waals surface area contributed by atoms with E-state index in [-0.39, 0.29) is 38.6 Å². The summed E-state index contributed by atoms with van der Waals surface area (Å²) in [5, 5.41) is 9.67. The minimum atomic E-state index is -1.52. The lowest BCUT2D eigenvalue weighted by atomic mass is 10.1. The Kier molecular flexibility index (Phi) is 44.4. The van der Waals surface area contributed by atoms with Crippen molar-refractivity contribution in [2.45, 2.75) is 206 Å². The zero-order chi connectivity index (χ0) is 47.7. The summed E-state index contributed by atoms with van der Waals surface area (Å²) in [6.07, 6.45) is 57.8. The van der Waals surface area contributed by atoms with Gasteiger partial charge >= 0.3 is 17.9 Å². The number of carbonyl (C=O) groups is 3. The number of likely N-dealkylation sites (N-methyl/N-ethyl adjacent to an activating group) is 1. The molecule has 0 aromatic rings. The number of aliphatic carboxylic acids is 1. The predicted octanol–water partition coefficient (Wildman–Crippen LogP) is 14.4. The van der Waals surface area contributed by atoms with Gasteiger partial charge in [-0.3, -0.25) is 9.59 Å². The summed E-state index contributed by atoms with van der Waals surface area (Å²) in [6.45, 7) is 4.70. The molecule has 0 saturated carbocycles. The van der Waals surface area contributed by atoms with E-state index in [1.807, 2.05) is 21.1 Å². The molecule has 0 aromatic carbocycles. The highest BCUT2D eigenvalue weighted by Crippen LogP contribution is 2.14. The molecule has 0 heterocycles. The smallest absolute Gasteiger partial charge is 0.361 e. The van der Waals surface area contributed by atoms with Crippen molar-refractivity contribution in [3.05, 3.63) is 85.1 Å². The molecule has 0 spiro atoms. The first-order chi connectivity index (χ1) is 31.6. The Labute approximate surface area is 398 Å². The molecule has 0 bridgehead atoms. The molecule has 0 aliphatic heterocycles. The van der Waals surface area contributed by atoms with Crippen LogP contribution in [0.5, 0.6) is 0 Å². The van der Waals surface area contributed by atoms with E-state index < -0.39 is 24.3 Å². The van der Waals surface area contributed by atoms with Crippen LogP contribution in [-0.4, -0.2) is 87.4 Å². The van der Waals surface area contributed by atoms with E-state index in [2.05, 4.69) is 98.9 Å². The Morgan fingerprint density at radius 3 is 1.31 bits per heavy atom. The molecular formula is C56H96NO8+. The molecule has 0 rings (SSSR count). The molecule has 2 atom stereocenters. The minimum absolute atomic E-state index is 0.178. The van der Waals surface area contributed by atoms with Crippen LogP contribution in [0.2, 0.25) is 0 Å². The molecule has 9 nitrogen and oxygen atoms in total. The fourth-order valence-corrected chi connectivity index (χ4v) is 6.66. The van der Waals surface area contributed by atoms with Gasteiger partial charge in [0.2, 0.25) is 0 Å². The second-order valence-electron chi connectivity index (χ2n) is 18.1. The fraction of sp³-hybridized carbons (Fsp3) is 0.696. The summed E-state index contributed by atoms with van der Waals surface area (Å²) >= 11 is 0. The third kappa shape index (κ3) is 48.2. The average molecular weight is 911 g/mol. The lowest BCUT2D eigenvalue weighted by molar-refractivity contribution is -0.870. The first kappa shape index (κ1) is 61.5. The van der Waals surface area contributed by atoms with Crippen LogP contribution in [-0.2, 0) is 33.3 Å². The summed E-state index contributed by atoms with van der Waals surface area (Å²) in [4.78, 5) is 37.3. The molecule has 372 valence electrons. The van der Waals surface area contributed by atoms with Crippen molar-refractivity contribution < 1.29 is 42.9 Å². The Morgan fingerprint density at radius 1 is 0.477 bits per heavy atom. The lowest BCUT2D eigenvalue weighted by Gasteiger charge is -2.25. The van der Waals surface area contributed by atoms with Gasteiger partial charge in [-0.25, -0.2) is 4.79 Å². The van der Waals surface area contributed by atoms with Crippen molar-refractivity contribution in [2.24, 2.45) is 0 Å². The van der Waals surface area contributed by atoms with E-state index in [1.54, 1.807) is 0 Å². The number of hydrogen-bond acceptors (Lipinski definition) is 7. The van der Waals surface area contributed by atoms with Gasteiger partial charge < -0.3 is 28.5 Å². The van der Waals surface area contributed by atoms with Gasteiger partial charge in [-0.1, -0.05) is 176 Å². The standard InChI is InChI=1S/C56H95NO8/c1-6-8-10-12-14-16-18-20-22-24-26-27-29-31-33-35-37-39-41-43-45-47-54(59)65-52(51-64-56(55(60)61)62-49-48-57(3,4)5)50-63-53(58)46-44-42-40-38-36-34-32-30-28-25-23-21-19-17-15-13-11-9-7-2/h8,10,14-17,20-23,26-27,31,33,52,56H,6-7,9,11-13,18-19,24-25,28-30,32,34-51H2,1-5H3/p+1/b10-8-,16-14-,17-15-,22-20-,23-21-,27-26-,33-31-. The van der Waals surface area contributed by atoms with Crippen molar-refractivity contribution >= 4 is 17.9 Å². The van der Waals surface area contributed by atoms with Crippen molar-refractivity contribution in [1.82, 2.24) is 0 Å². The first-order valence-corrected chi connectivity index (χ1v) is 25.8. The molecule has 9 heteroatoms. The normalized spacial score (nSPS) is 13.6. The highest BCUT2D eigenvalue weighted by molar-refractivity contribution is 5.71. The molecule has 0 aliphatic rings. The number of carbonyl (C=O) groups excluding carboxylic acids is 2. The zero-order valence-corrected chi connectivity index (χ0v) is 42.1. The number of carboxylic acid groups (broad SMARTS) is 1. The SMILES string of the molecule is CC/C=C\C/C=C\C/C=C\C/C=C\C/C=C\CCCCCCCC(=O)OC(COC(=O)CCCCCCCCCCC/C=C\C/C=C\CCCCC)COC(OCC[N+](C)(C)C)C(=O)O. The van der Waals surface area contributed by atoms with Crippen molar-refractivity contribution in [3.63, 3.8) is 0 Å². The fourth-order valence-electron chi connectivity index (χ4n) is 6.66. The lowest BCUT2D eigenvalue weighted by Crippen LogP contribution is -2.40. The molecular weight excluding hydrogens is 815 g/mol. The Balaban J connectivity index is 4.41. The number of carboxylic acids is 1. The molecule has 65 heavy (non-hydrogen) atoms. The van der Waals surface area contributed by atoms with Gasteiger partial charge in [0.05, 0.1) is 34.4 Å². The van der Waals surface area contributed by atoms with Crippen LogP contribution in [0.3, 0.4) is 0 Å². The van der Waals surface area contributed by atoms with Gasteiger partial charge in [0.1, 0.15) is 13.2 Å². The quantitative estimate of drug-likeness (QED) is 0.0211. The predicted molar refractivity (Wildman–Crippen MR) is 272 cm³/mol. The minimum Gasteiger partial charge on any atom is -0.477 e. The van der Waals surface area contributed by atoms with Crippen LogP contribution in [0.15, 0.2) is 85.1 Å². The van der Waals surface area contributed by atoms with Gasteiger partial charge in [0.25, 0.3) is 6.29 Å². The number of nitrogens with zero attached hydrogens (tertiary/aromatic N) is 1. The highest BCUT2D eigenvalue weighted by atomic mass is 16.7. The largest absolute Gasteiger partial charge is 0.477 e. The maximum absolute atomic E-state index is 12.8. The molecule has 2 unspecified atom stereocenters. The number of quaternary nitrogens is 1. The third-order valence-electron chi connectivity index (χ3n) is 10.6. The van der Waals surface area contributed by atoms with E-state index >= 15 is 0 Å². The van der Waals surface area contributed by atoms with E-state index in [0.717, 1.165) is 89.9 Å². The maximum Gasteiger partial charge on any atom is 0.361 e. The van der Waals surface area contributed by atoms with Crippen LogP contribution in [0.4, 0.5) is 0 Å². The summed E-state index contributed by atoms with van der Waals surface area (Å²) in [7, 11) is 5.95. The van der Waals surface area contributed by atoms with Crippen LogP contribution in [0, 0.1) is 0 Å². The molecule has 0 fully saturated rings. The summed E-state index contributed by atoms with van der Waals surface area (Å²) < 4.78 is 22.8. The Morgan fingerprint density at radius 2 is 0.877 bits per heavy atom. The van der Waals surface area contributed by atoms with Crippen LogP contribution in [0.25, 0.3) is 0 Å². The maximum atomic E-state index is 12.8. The van der Waals surface area contributed by atoms with E-state index in [1.165, 1.54) is 70.6 Å². The molecule has 1 N–H and O–H groups in total. The van der Waals surface area contributed by atoms with Gasteiger partial charge in [-0.2, -0.15) is 0 Å². The first-order valence-electron chi connectivity index (χ1n) is 25.8. The number of allylic oxidation sites excluding steroid dienone is 14. The number of rotatable bonds is 46. The summed E-state index contributed by atoms with van der Waals surface area (Å²) in [5.41, 5.74) is 0. The molecule has 0 amide bonds. The van der Waals surface area contributed by atoms with Gasteiger partial charge in [-0.15, -0.1) is 0 Å². The Hall–Kier alpha value is -3.53. The highest BCUT2D eigenvalue weighted by Gasteiger charge is 2.25. The van der Waals surface area contributed by atoms with Crippen LogP contribution in [0.1, 0.15) is 194 Å². The number of ether oxygens (including phenoxy) is 4. The monoisotopic (exact) mass is 911 g/mol. The van der Waals surface area contributed by atoms with E-state index in [9.17, 15) is 19.5 Å². The van der Waals surface area contributed by atoms with Crippen LogP contribution >= 0.6 is 0 Å². The van der Waals surface area contributed by atoms with Crippen molar-refractivity contribution in [3.8, 4) is 0 Å². The van der Waals surface area contributed by atoms with Crippen molar-refractivity contribution in [2.75, 3.05) is 47.5 Å².